The molecule has 0 radical (unpaired) electrons. The highest BCUT2D eigenvalue weighted by atomic mass is 16.5. The Bertz CT molecular complexity index is 400. The van der Waals surface area contributed by atoms with Crippen LogP contribution in [0.2, 0.25) is 0 Å². The molecule has 1 atom stereocenters. The van der Waals surface area contributed by atoms with Crippen LogP contribution in [-0.4, -0.2) is 37.7 Å². The molecular weight excluding hydrogens is 236 g/mol. The van der Waals surface area contributed by atoms with Crippen molar-refractivity contribution in [2.24, 2.45) is 5.92 Å². The molecule has 1 aromatic rings. The zero-order chi connectivity index (χ0) is 13.1. The second-order valence-corrected chi connectivity index (χ2v) is 5.86. The molecular formula is C16H24N2O. The number of methoxy groups -OCH3 is 1. The fourth-order valence-corrected chi connectivity index (χ4v) is 2.96. The van der Waals surface area contributed by atoms with Gasteiger partial charge in [0, 0.05) is 19.1 Å². The Morgan fingerprint density at radius 3 is 2.68 bits per heavy atom. The summed E-state index contributed by atoms with van der Waals surface area (Å²) in [6.45, 7) is 4.74. The van der Waals surface area contributed by atoms with Gasteiger partial charge >= 0.3 is 0 Å². The lowest BCUT2D eigenvalue weighted by molar-refractivity contribution is 0.312. The van der Waals surface area contributed by atoms with E-state index in [1.807, 2.05) is 12.1 Å². The van der Waals surface area contributed by atoms with Crippen LogP contribution in [0.3, 0.4) is 0 Å². The van der Waals surface area contributed by atoms with Crippen molar-refractivity contribution in [2.75, 3.05) is 26.7 Å². The molecule has 0 spiro atoms. The summed E-state index contributed by atoms with van der Waals surface area (Å²) in [5, 5.41) is 3.59. The first-order valence-electron chi connectivity index (χ1n) is 7.43. The smallest absolute Gasteiger partial charge is 0.118 e. The Morgan fingerprint density at radius 1 is 1.21 bits per heavy atom. The third-order valence-electron chi connectivity index (χ3n) is 4.30. The van der Waals surface area contributed by atoms with E-state index in [1.165, 1.54) is 37.9 Å². The van der Waals surface area contributed by atoms with E-state index in [0.717, 1.165) is 30.8 Å². The summed E-state index contributed by atoms with van der Waals surface area (Å²) >= 11 is 0. The molecule has 1 N–H and O–H groups in total. The van der Waals surface area contributed by atoms with E-state index in [1.54, 1.807) is 7.11 Å². The lowest BCUT2D eigenvalue weighted by Crippen LogP contribution is -2.27. The number of ether oxygens (including phenoxy) is 1. The summed E-state index contributed by atoms with van der Waals surface area (Å²) in [5.74, 6) is 1.78. The van der Waals surface area contributed by atoms with E-state index in [-0.39, 0.29) is 0 Å². The van der Waals surface area contributed by atoms with E-state index in [4.69, 9.17) is 4.74 Å². The fraction of sp³-hybridized carbons (Fsp3) is 0.625. The van der Waals surface area contributed by atoms with Crippen molar-refractivity contribution in [2.45, 2.75) is 31.8 Å². The van der Waals surface area contributed by atoms with Crippen molar-refractivity contribution in [3.8, 4) is 5.75 Å². The van der Waals surface area contributed by atoms with Gasteiger partial charge in [0.1, 0.15) is 5.75 Å². The molecule has 2 fully saturated rings. The minimum Gasteiger partial charge on any atom is -0.497 e. The summed E-state index contributed by atoms with van der Waals surface area (Å²) < 4.78 is 5.17. The maximum Gasteiger partial charge on any atom is 0.118 e. The second-order valence-electron chi connectivity index (χ2n) is 5.86. The number of hydrogen-bond acceptors (Lipinski definition) is 3. The van der Waals surface area contributed by atoms with Crippen molar-refractivity contribution < 1.29 is 4.74 Å². The van der Waals surface area contributed by atoms with Gasteiger partial charge in [-0.2, -0.15) is 0 Å². The van der Waals surface area contributed by atoms with Crippen LogP contribution in [0.25, 0.3) is 0 Å². The predicted molar refractivity (Wildman–Crippen MR) is 77.4 cm³/mol. The number of hydrogen-bond donors (Lipinski definition) is 1. The molecule has 0 aromatic heterocycles. The molecule has 3 heteroatoms. The Kier molecular flexibility index (Phi) is 4.04. The van der Waals surface area contributed by atoms with Gasteiger partial charge in [0.25, 0.3) is 0 Å². The standard InChI is InChI=1S/C16H24N2O/c1-19-16-6-2-13(3-7-16)10-17-11-14-8-9-18(12-14)15-4-5-15/h2-3,6-7,14-15,17H,4-5,8-12H2,1H3. The van der Waals surface area contributed by atoms with Crippen molar-refractivity contribution in [1.82, 2.24) is 10.2 Å². The van der Waals surface area contributed by atoms with Gasteiger partial charge in [0.15, 0.2) is 0 Å². The largest absolute Gasteiger partial charge is 0.497 e. The van der Waals surface area contributed by atoms with Crippen LogP contribution in [0, 0.1) is 5.92 Å². The molecule has 19 heavy (non-hydrogen) atoms. The first-order valence-corrected chi connectivity index (χ1v) is 7.43. The Hall–Kier alpha value is -1.06. The van der Waals surface area contributed by atoms with Gasteiger partial charge in [-0.15, -0.1) is 0 Å². The van der Waals surface area contributed by atoms with Crippen LogP contribution in [0.4, 0.5) is 0 Å². The quantitative estimate of drug-likeness (QED) is 0.849. The molecule has 3 nitrogen and oxygen atoms in total. The van der Waals surface area contributed by atoms with Crippen LogP contribution in [0.15, 0.2) is 24.3 Å². The van der Waals surface area contributed by atoms with E-state index in [2.05, 4.69) is 22.3 Å². The van der Waals surface area contributed by atoms with Crippen LogP contribution >= 0.6 is 0 Å². The lowest BCUT2D eigenvalue weighted by Gasteiger charge is -2.15. The van der Waals surface area contributed by atoms with Crippen molar-refractivity contribution in [3.63, 3.8) is 0 Å². The molecule has 0 amide bonds. The minimum absolute atomic E-state index is 0.846. The topological polar surface area (TPSA) is 24.5 Å². The van der Waals surface area contributed by atoms with Gasteiger partial charge in [-0.05, 0) is 56.0 Å². The number of likely N-dealkylation sites (tertiary alicyclic amines) is 1. The highest BCUT2D eigenvalue weighted by Gasteiger charge is 2.33. The molecule has 2 aliphatic rings. The number of rotatable bonds is 6. The van der Waals surface area contributed by atoms with Gasteiger partial charge in [0.05, 0.1) is 7.11 Å². The van der Waals surface area contributed by atoms with Crippen LogP contribution in [0.5, 0.6) is 5.75 Å². The highest BCUT2D eigenvalue weighted by molar-refractivity contribution is 5.26. The van der Waals surface area contributed by atoms with Gasteiger partial charge < -0.3 is 15.0 Å². The molecule has 3 rings (SSSR count). The maximum absolute atomic E-state index is 5.17. The first kappa shape index (κ1) is 12.9. The zero-order valence-corrected chi connectivity index (χ0v) is 11.8. The zero-order valence-electron chi connectivity index (χ0n) is 11.8. The Balaban J connectivity index is 1.38. The van der Waals surface area contributed by atoms with Gasteiger partial charge in [-0.3, -0.25) is 0 Å². The molecule has 104 valence electrons. The minimum atomic E-state index is 0.846. The molecule has 1 aromatic carbocycles. The summed E-state index contributed by atoms with van der Waals surface area (Å²) in [5.41, 5.74) is 1.33. The van der Waals surface area contributed by atoms with Crippen molar-refractivity contribution >= 4 is 0 Å². The first-order chi connectivity index (χ1) is 9.35. The van der Waals surface area contributed by atoms with Crippen molar-refractivity contribution in [1.29, 1.82) is 0 Å². The van der Waals surface area contributed by atoms with E-state index >= 15 is 0 Å². The normalized spacial score (nSPS) is 23.7. The van der Waals surface area contributed by atoms with Crippen molar-refractivity contribution in [3.05, 3.63) is 29.8 Å². The summed E-state index contributed by atoms with van der Waals surface area (Å²) in [6.07, 6.45) is 4.24. The number of benzene rings is 1. The lowest BCUT2D eigenvalue weighted by atomic mass is 10.1. The van der Waals surface area contributed by atoms with E-state index in [0.29, 0.717) is 0 Å². The summed E-state index contributed by atoms with van der Waals surface area (Å²) in [4.78, 5) is 2.68. The number of nitrogens with zero attached hydrogens (tertiary/aromatic N) is 1. The van der Waals surface area contributed by atoms with Gasteiger partial charge in [0.2, 0.25) is 0 Å². The molecule has 0 bridgehead atoms. The molecule has 1 saturated heterocycles. The summed E-state index contributed by atoms with van der Waals surface area (Å²) in [6, 6.07) is 9.27. The predicted octanol–water partition coefficient (Wildman–Crippen LogP) is 2.27. The van der Waals surface area contributed by atoms with E-state index in [9.17, 15) is 0 Å². The molecule has 1 heterocycles. The Morgan fingerprint density at radius 2 is 2.00 bits per heavy atom. The van der Waals surface area contributed by atoms with Gasteiger partial charge in [-0.25, -0.2) is 0 Å². The highest BCUT2D eigenvalue weighted by Crippen LogP contribution is 2.31. The van der Waals surface area contributed by atoms with Crippen LogP contribution < -0.4 is 10.1 Å². The maximum atomic E-state index is 5.17. The third kappa shape index (κ3) is 3.48. The second kappa shape index (κ2) is 5.93. The average molecular weight is 260 g/mol. The third-order valence-corrected chi connectivity index (χ3v) is 4.30. The number of nitrogens with one attached hydrogen (secondary N) is 1. The molecule has 1 unspecified atom stereocenters. The molecule has 1 aliphatic carbocycles. The van der Waals surface area contributed by atoms with Crippen LogP contribution in [-0.2, 0) is 6.54 Å². The molecule has 1 saturated carbocycles. The fourth-order valence-electron chi connectivity index (χ4n) is 2.96. The SMILES string of the molecule is COc1ccc(CNCC2CCN(C3CC3)C2)cc1. The van der Waals surface area contributed by atoms with Gasteiger partial charge in [-0.1, -0.05) is 12.1 Å². The van der Waals surface area contributed by atoms with Crippen LogP contribution in [0.1, 0.15) is 24.8 Å². The summed E-state index contributed by atoms with van der Waals surface area (Å²) in [7, 11) is 1.71. The Labute approximate surface area is 115 Å². The van der Waals surface area contributed by atoms with E-state index < -0.39 is 0 Å². The average Bonchev–Trinajstić information content (AvgIpc) is 3.20. The monoisotopic (exact) mass is 260 g/mol. The molecule has 1 aliphatic heterocycles.